The average Bonchev–Trinajstić information content (AvgIpc) is 2.74. The first kappa shape index (κ1) is 21.4. The molecule has 11 nitrogen and oxygen atoms in total. The average molecular weight is 442 g/mol. The molecule has 0 fully saturated rings. The van der Waals surface area contributed by atoms with E-state index in [1.54, 1.807) is 30.3 Å². The zero-order chi connectivity index (χ0) is 22.6. The fourth-order valence-electron chi connectivity index (χ4n) is 2.61. The molecule has 0 spiro atoms. The van der Waals surface area contributed by atoms with Gasteiger partial charge in [0, 0.05) is 17.4 Å². The predicted molar refractivity (Wildman–Crippen MR) is 111 cm³/mol. The second-order valence-electron chi connectivity index (χ2n) is 6.17. The van der Waals surface area contributed by atoms with E-state index in [0.29, 0.717) is 11.8 Å². The van der Waals surface area contributed by atoms with Gasteiger partial charge < -0.3 is 5.32 Å². The summed E-state index contributed by atoms with van der Waals surface area (Å²) in [7, 11) is -3.86. The lowest BCUT2D eigenvalue weighted by molar-refractivity contribution is -0.394. The smallest absolute Gasteiger partial charge is 0.289 e. The first-order chi connectivity index (χ1) is 14.7. The summed E-state index contributed by atoms with van der Waals surface area (Å²) in [5.41, 5.74) is -1.07. The molecular weight excluding hydrogens is 428 g/mol. The van der Waals surface area contributed by atoms with Crippen LogP contribution in [-0.2, 0) is 10.0 Å². The standard InChI is InChI=1S/C19H14N4O7S/c24-19(17-11-8-15(22(25)26)12-18(17)23(27)28)20-13-6-9-16(10-7-13)31(29,30)21-14-4-2-1-3-5-14/h1-12,21H,(H,20,24). The van der Waals surface area contributed by atoms with Gasteiger partial charge in [0.25, 0.3) is 27.3 Å². The van der Waals surface area contributed by atoms with Crippen molar-refractivity contribution in [1.29, 1.82) is 0 Å². The first-order valence-corrected chi connectivity index (χ1v) is 10.1. The third kappa shape index (κ3) is 5.00. The Morgan fingerprint density at radius 1 is 0.806 bits per heavy atom. The Hall–Kier alpha value is -4.32. The van der Waals surface area contributed by atoms with Crippen LogP contribution in [0.5, 0.6) is 0 Å². The van der Waals surface area contributed by atoms with Gasteiger partial charge in [0.15, 0.2) is 0 Å². The van der Waals surface area contributed by atoms with E-state index in [9.17, 15) is 33.4 Å². The van der Waals surface area contributed by atoms with Gasteiger partial charge in [-0.2, -0.15) is 0 Å². The summed E-state index contributed by atoms with van der Waals surface area (Å²) in [5, 5.41) is 24.4. The van der Waals surface area contributed by atoms with Crippen molar-refractivity contribution in [3.05, 3.63) is 98.6 Å². The summed E-state index contributed by atoms with van der Waals surface area (Å²) in [6, 6.07) is 16.1. The number of para-hydroxylation sites is 1. The molecule has 2 N–H and O–H groups in total. The van der Waals surface area contributed by atoms with Crippen molar-refractivity contribution in [2.75, 3.05) is 10.0 Å². The van der Waals surface area contributed by atoms with Crippen LogP contribution in [0.1, 0.15) is 10.4 Å². The van der Waals surface area contributed by atoms with Gasteiger partial charge in [-0.15, -0.1) is 0 Å². The van der Waals surface area contributed by atoms with Gasteiger partial charge in [-0.3, -0.25) is 29.7 Å². The topological polar surface area (TPSA) is 162 Å². The number of anilines is 2. The highest BCUT2D eigenvalue weighted by molar-refractivity contribution is 7.92. The van der Waals surface area contributed by atoms with Crippen molar-refractivity contribution >= 4 is 38.7 Å². The van der Waals surface area contributed by atoms with E-state index in [-0.39, 0.29) is 16.1 Å². The van der Waals surface area contributed by atoms with E-state index in [0.717, 1.165) is 12.1 Å². The van der Waals surface area contributed by atoms with Gasteiger partial charge in [-0.05, 0) is 42.5 Å². The summed E-state index contributed by atoms with van der Waals surface area (Å²) >= 11 is 0. The summed E-state index contributed by atoms with van der Waals surface area (Å²) < 4.78 is 27.3. The van der Waals surface area contributed by atoms with Crippen LogP contribution in [0, 0.1) is 20.2 Å². The molecule has 158 valence electrons. The highest BCUT2D eigenvalue weighted by Gasteiger charge is 2.24. The number of hydrogen-bond donors (Lipinski definition) is 2. The number of sulfonamides is 1. The molecule has 3 rings (SSSR count). The normalized spacial score (nSPS) is 10.8. The van der Waals surface area contributed by atoms with Crippen molar-refractivity contribution in [2.24, 2.45) is 0 Å². The summed E-state index contributed by atoms with van der Waals surface area (Å²) in [4.78, 5) is 32.7. The molecule has 0 saturated heterocycles. The van der Waals surface area contributed by atoms with E-state index in [4.69, 9.17) is 0 Å². The monoisotopic (exact) mass is 442 g/mol. The van der Waals surface area contributed by atoms with Gasteiger partial charge in [0.05, 0.1) is 20.8 Å². The second kappa shape index (κ2) is 8.59. The minimum Gasteiger partial charge on any atom is -0.322 e. The zero-order valence-electron chi connectivity index (χ0n) is 15.6. The molecule has 0 aliphatic carbocycles. The minimum absolute atomic E-state index is 0.0596. The molecule has 3 aromatic carbocycles. The molecule has 0 heterocycles. The number of amides is 1. The lowest BCUT2D eigenvalue weighted by atomic mass is 10.1. The number of carbonyl (C=O) groups excluding carboxylic acids is 1. The molecule has 0 saturated carbocycles. The van der Waals surface area contributed by atoms with E-state index >= 15 is 0 Å². The largest absolute Gasteiger partial charge is 0.322 e. The van der Waals surface area contributed by atoms with Gasteiger partial charge in [-0.1, -0.05) is 18.2 Å². The maximum atomic E-state index is 12.4. The van der Waals surface area contributed by atoms with E-state index < -0.39 is 37.2 Å². The zero-order valence-corrected chi connectivity index (χ0v) is 16.4. The third-order valence-electron chi connectivity index (χ3n) is 4.08. The molecule has 0 aromatic heterocycles. The van der Waals surface area contributed by atoms with Gasteiger partial charge >= 0.3 is 0 Å². The van der Waals surface area contributed by atoms with Crippen LogP contribution in [0.4, 0.5) is 22.7 Å². The second-order valence-corrected chi connectivity index (χ2v) is 7.85. The lowest BCUT2D eigenvalue weighted by Crippen LogP contribution is -2.15. The molecule has 0 aliphatic rings. The van der Waals surface area contributed by atoms with Crippen molar-refractivity contribution in [3.8, 4) is 0 Å². The number of nitrogens with zero attached hydrogens (tertiary/aromatic N) is 2. The molecular formula is C19H14N4O7S. The molecule has 0 atom stereocenters. The molecule has 0 aliphatic heterocycles. The first-order valence-electron chi connectivity index (χ1n) is 8.59. The summed E-state index contributed by atoms with van der Waals surface area (Å²) in [5.74, 6) is -0.875. The van der Waals surface area contributed by atoms with E-state index in [1.807, 2.05) is 0 Å². The molecule has 1 amide bonds. The molecule has 0 radical (unpaired) electrons. The fourth-order valence-corrected chi connectivity index (χ4v) is 3.67. The maximum absolute atomic E-state index is 12.4. The maximum Gasteiger partial charge on any atom is 0.289 e. The Morgan fingerprint density at radius 3 is 2.03 bits per heavy atom. The number of non-ortho nitro benzene ring substituents is 1. The quantitative estimate of drug-likeness (QED) is 0.417. The highest BCUT2D eigenvalue weighted by atomic mass is 32.2. The van der Waals surface area contributed by atoms with Crippen LogP contribution in [0.15, 0.2) is 77.7 Å². The SMILES string of the molecule is O=C(Nc1ccc(S(=O)(=O)Nc2ccccc2)cc1)c1ccc([N+](=O)[O-])cc1[N+](=O)[O-]. The van der Waals surface area contributed by atoms with Crippen LogP contribution < -0.4 is 10.0 Å². The Morgan fingerprint density at radius 2 is 1.45 bits per heavy atom. The Labute approximate surface area is 175 Å². The Balaban J connectivity index is 1.79. The summed E-state index contributed by atoms with van der Waals surface area (Å²) in [6.45, 7) is 0. The number of nitro benzene ring substituents is 2. The van der Waals surface area contributed by atoms with E-state index in [1.165, 1.54) is 24.3 Å². The lowest BCUT2D eigenvalue weighted by Gasteiger charge is -2.09. The molecule has 0 unspecified atom stereocenters. The van der Waals surface area contributed by atoms with Crippen LogP contribution in [-0.4, -0.2) is 24.2 Å². The molecule has 12 heteroatoms. The molecule has 3 aromatic rings. The van der Waals surface area contributed by atoms with Crippen LogP contribution >= 0.6 is 0 Å². The molecule has 31 heavy (non-hydrogen) atoms. The van der Waals surface area contributed by atoms with Gasteiger partial charge in [0.2, 0.25) is 0 Å². The number of benzene rings is 3. The van der Waals surface area contributed by atoms with Crippen molar-refractivity contribution < 1.29 is 23.1 Å². The van der Waals surface area contributed by atoms with Crippen LogP contribution in [0.3, 0.4) is 0 Å². The van der Waals surface area contributed by atoms with Crippen molar-refractivity contribution in [1.82, 2.24) is 0 Å². The third-order valence-corrected chi connectivity index (χ3v) is 5.48. The Kier molecular flexibility index (Phi) is 5.93. The minimum atomic E-state index is -3.86. The fraction of sp³-hybridized carbons (Fsp3) is 0. The van der Waals surface area contributed by atoms with Crippen molar-refractivity contribution in [3.63, 3.8) is 0 Å². The predicted octanol–water partition coefficient (Wildman–Crippen LogP) is 3.56. The van der Waals surface area contributed by atoms with Gasteiger partial charge in [-0.25, -0.2) is 8.42 Å². The molecule has 0 bridgehead atoms. The number of rotatable bonds is 7. The van der Waals surface area contributed by atoms with Crippen molar-refractivity contribution in [2.45, 2.75) is 4.90 Å². The van der Waals surface area contributed by atoms with Crippen LogP contribution in [0.2, 0.25) is 0 Å². The Bertz CT molecular complexity index is 1260. The number of nitro groups is 2. The number of nitrogens with one attached hydrogen (secondary N) is 2. The summed E-state index contributed by atoms with van der Waals surface area (Å²) in [6.07, 6.45) is 0. The van der Waals surface area contributed by atoms with Crippen LogP contribution in [0.25, 0.3) is 0 Å². The number of carbonyl (C=O) groups is 1. The highest BCUT2D eigenvalue weighted by Crippen LogP contribution is 2.26. The van der Waals surface area contributed by atoms with E-state index in [2.05, 4.69) is 10.0 Å². The number of hydrogen-bond acceptors (Lipinski definition) is 7. The van der Waals surface area contributed by atoms with Gasteiger partial charge in [0.1, 0.15) is 5.56 Å².